The van der Waals surface area contributed by atoms with Crippen LogP contribution in [0.15, 0.2) is 36.8 Å². The highest BCUT2D eigenvalue weighted by Gasteiger charge is 2.10. The van der Waals surface area contributed by atoms with Crippen LogP contribution < -0.4 is 0 Å². The molecule has 2 nitrogen and oxygen atoms in total. The first kappa shape index (κ1) is 10.2. The summed E-state index contributed by atoms with van der Waals surface area (Å²) in [7, 11) is 0. The van der Waals surface area contributed by atoms with Crippen molar-refractivity contribution in [1.29, 1.82) is 0 Å². The van der Waals surface area contributed by atoms with Crippen molar-refractivity contribution in [3.63, 3.8) is 0 Å². The van der Waals surface area contributed by atoms with Gasteiger partial charge < -0.3 is 0 Å². The van der Waals surface area contributed by atoms with Crippen molar-refractivity contribution in [1.82, 2.24) is 9.97 Å². The Morgan fingerprint density at radius 2 is 2.13 bits per heavy atom. The number of pyridine rings is 2. The van der Waals surface area contributed by atoms with E-state index < -0.39 is 5.95 Å². The average Bonchev–Trinajstić information content (AvgIpc) is 2.29. The zero-order chi connectivity index (χ0) is 10.7. The lowest BCUT2D eigenvalue weighted by Gasteiger charge is -2.06. The Labute approximate surface area is 95.3 Å². The van der Waals surface area contributed by atoms with Gasteiger partial charge in [-0.3, -0.25) is 4.98 Å². The number of aromatic nitrogens is 2. The minimum Gasteiger partial charge on any atom is -0.264 e. The minimum absolute atomic E-state index is 0.458. The Morgan fingerprint density at radius 3 is 2.80 bits per heavy atom. The fourth-order valence-electron chi connectivity index (χ4n) is 1.40. The maximum Gasteiger partial charge on any atom is 0.221 e. The van der Waals surface area contributed by atoms with Gasteiger partial charge in [0.2, 0.25) is 5.95 Å². The normalized spacial score (nSPS) is 10.3. The fraction of sp³-hybridized carbons (Fsp3) is 0.0909. The van der Waals surface area contributed by atoms with Crippen LogP contribution in [0.5, 0.6) is 0 Å². The van der Waals surface area contributed by atoms with Crippen LogP contribution in [-0.4, -0.2) is 9.97 Å². The summed E-state index contributed by atoms with van der Waals surface area (Å²) in [6.07, 6.45) is 4.75. The van der Waals surface area contributed by atoms with E-state index >= 15 is 0 Å². The topological polar surface area (TPSA) is 25.8 Å². The molecule has 0 amide bonds. The van der Waals surface area contributed by atoms with Crippen LogP contribution in [0, 0.1) is 5.95 Å². The third kappa shape index (κ3) is 2.04. The molecular formula is C11H8BrFN2. The van der Waals surface area contributed by atoms with E-state index in [1.165, 1.54) is 6.20 Å². The summed E-state index contributed by atoms with van der Waals surface area (Å²) in [6, 6.07) is 5.39. The van der Waals surface area contributed by atoms with E-state index in [0.29, 0.717) is 10.9 Å². The molecule has 4 heteroatoms. The predicted octanol–water partition coefficient (Wildman–Crippen LogP) is 3.18. The zero-order valence-corrected chi connectivity index (χ0v) is 9.41. The van der Waals surface area contributed by atoms with Crippen LogP contribution in [0.25, 0.3) is 11.1 Å². The molecule has 0 spiro atoms. The van der Waals surface area contributed by atoms with E-state index in [2.05, 4.69) is 25.9 Å². The van der Waals surface area contributed by atoms with Gasteiger partial charge in [0, 0.05) is 35.0 Å². The summed E-state index contributed by atoms with van der Waals surface area (Å²) < 4.78 is 13.6. The monoisotopic (exact) mass is 266 g/mol. The van der Waals surface area contributed by atoms with Crippen molar-refractivity contribution in [2.75, 3.05) is 0 Å². The number of hydrogen-bond acceptors (Lipinski definition) is 2. The molecule has 2 heterocycles. The summed E-state index contributed by atoms with van der Waals surface area (Å²) in [5.41, 5.74) is 2.13. The number of halogens is 2. The summed E-state index contributed by atoms with van der Waals surface area (Å²) in [6.45, 7) is 0. The van der Waals surface area contributed by atoms with Gasteiger partial charge in [-0.05, 0) is 17.7 Å². The molecule has 0 N–H and O–H groups in total. The highest BCUT2D eigenvalue weighted by Crippen LogP contribution is 2.26. The zero-order valence-electron chi connectivity index (χ0n) is 7.82. The molecule has 0 fully saturated rings. The molecule has 2 rings (SSSR count). The first-order valence-electron chi connectivity index (χ1n) is 4.42. The van der Waals surface area contributed by atoms with Crippen LogP contribution in [0.1, 0.15) is 5.56 Å². The third-order valence-corrected chi connectivity index (χ3v) is 2.69. The summed E-state index contributed by atoms with van der Waals surface area (Å²) in [4.78, 5) is 7.62. The molecule has 2 aromatic heterocycles. The van der Waals surface area contributed by atoms with E-state index in [4.69, 9.17) is 0 Å². The van der Waals surface area contributed by atoms with Crippen LogP contribution in [0.2, 0.25) is 0 Å². The van der Waals surface area contributed by atoms with Gasteiger partial charge in [0.1, 0.15) is 0 Å². The molecule has 76 valence electrons. The van der Waals surface area contributed by atoms with E-state index in [9.17, 15) is 4.39 Å². The summed E-state index contributed by atoms with van der Waals surface area (Å²) in [5.74, 6) is -0.458. The van der Waals surface area contributed by atoms with Gasteiger partial charge in [0.05, 0.1) is 0 Å². The Morgan fingerprint density at radius 1 is 1.27 bits per heavy atom. The van der Waals surface area contributed by atoms with Crippen molar-refractivity contribution in [3.05, 3.63) is 48.3 Å². The molecule has 0 aliphatic carbocycles. The molecule has 0 saturated heterocycles. The minimum atomic E-state index is -0.458. The number of rotatable bonds is 2. The van der Waals surface area contributed by atoms with E-state index in [-0.39, 0.29) is 0 Å². The summed E-state index contributed by atoms with van der Waals surface area (Å²) >= 11 is 3.32. The fourth-order valence-corrected chi connectivity index (χ4v) is 1.87. The number of nitrogens with zero attached hydrogens (tertiary/aromatic N) is 2. The van der Waals surface area contributed by atoms with Gasteiger partial charge in [-0.2, -0.15) is 4.39 Å². The largest absolute Gasteiger partial charge is 0.264 e. The SMILES string of the molecule is Fc1nccc(CBr)c1-c1cccnc1. The number of alkyl halides is 1. The first-order chi connectivity index (χ1) is 7.33. The highest BCUT2D eigenvalue weighted by atomic mass is 79.9. The van der Waals surface area contributed by atoms with Gasteiger partial charge in [-0.1, -0.05) is 22.0 Å². The second kappa shape index (κ2) is 4.49. The summed E-state index contributed by atoms with van der Waals surface area (Å²) in [5, 5.41) is 0.594. The molecule has 0 bridgehead atoms. The third-order valence-electron chi connectivity index (χ3n) is 2.09. The van der Waals surface area contributed by atoms with Gasteiger partial charge in [-0.15, -0.1) is 0 Å². The quantitative estimate of drug-likeness (QED) is 0.617. The van der Waals surface area contributed by atoms with Crippen LogP contribution >= 0.6 is 15.9 Å². The second-order valence-corrected chi connectivity index (χ2v) is 3.57. The van der Waals surface area contributed by atoms with Crippen LogP contribution in [-0.2, 0) is 5.33 Å². The smallest absolute Gasteiger partial charge is 0.221 e. The van der Waals surface area contributed by atoms with Crippen molar-refractivity contribution in [2.45, 2.75) is 5.33 Å². The lowest BCUT2D eigenvalue weighted by atomic mass is 10.1. The molecule has 0 atom stereocenters. The molecule has 2 aromatic rings. The molecule has 0 saturated carbocycles. The van der Waals surface area contributed by atoms with Crippen molar-refractivity contribution >= 4 is 15.9 Å². The molecule has 0 radical (unpaired) electrons. The predicted molar refractivity (Wildman–Crippen MR) is 60.1 cm³/mol. The Balaban J connectivity index is 2.61. The Hall–Kier alpha value is -1.29. The van der Waals surface area contributed by atoms with E-state index in [1.807, 2.05) is 6.07 Å². The lowest BCUT2D eigenvalue weighted by molar-refractivity contribution is 0.586. The molecule has 0 aliphatic rings. The standard InChI is InChI=1S/C11H8BrFN2/c12-6-8-3-5-15-11(13)10(8)9-2-1-4-14-7-9/h1-5,7H,6H2. The maximum atomic E-state index is 13.6. The van der Waals surface area contributed by atoms with Crippen molar-refractivity contribution in [2.24, 2.45) is 0 Å². The van der Waals surface area contributed by atoms with E-state index in [1.54, 1.807) is 24.5 Å². The van der Waals surface area contributed by atoms with Gasteiger partial charge in [0.25, 0.3) is 0 Å². The van der Waals surface area contributed by atoms with Crippen LogP contribution in [0.3, 0.4) is 0 Å². The molecule has 15 heavy (non-hydrogen) atoms. The molecule has 0 aromatic carbocycles. The second-order valence-electron chi connectivity index (χ2n) is 3.01. The highest BCUT2D eigenvalue weighted by molar-refractivity contribution is 9.08. The Bertz CT molecular complexity index is 459. The molecule has 0 aliphatic heterocycles. The Kier molecular flexibility index (Phi) is 3.06. The van der Waals surface area contributed by atoms with Crippen molar-refractivity contribution < 1.29 is 4.39 Å². The van der Waals surface area contributed by atoms with Gasteiger partial charge >= 0.3 is 0 Å². The average molecular weight is 267 g/mol. The van der Waals surface area contributed by atoms with Gasteiger partial charge in [0.15, 0.2) is 0 Å². The first-order valence-corrected chi connectivity index (χ1v) is 5.55. The molecular weight excluding hydrogens is 259 g/mol. The number of hydrogen-bond donors (Lipinski definition) is 0. The van der Waals surface area contributed by atoms with E-state index in [0.717, 1.165) is 11.1 Å². The maximum absolute atomic E-state index is 13.6. The molecule has 0 unspecified atom stereocenters. The van der Waals surface area contributed by atoms with Crippen molar-refractivity contribution in [3.8, 4) is 11.1 Å². The lowest BCUT2D eigenvalue weighted by Crippen LogP contribution is -1.94. The van der Waals surface area contributed by atoms with Gasteiger partial charge in [-0.25, -0.2) is 4.98 Å². The van der Waals surface area contributed by atoms with Crippen LogP contribution in [0.4, 0.5) is 4.39 Å².